The third-order valence-electron chi connectivity index (χ3n) is 2.44. The van der Waals surface area contributed by atoms with Gasteiger partial charge in [-0.25, -0.2) is 9.78 Å². The minimum absolute atomic E-state index is 0.223. The Morgan fingerprint density at radius 3 is 2.82 bits per heavy atom. The normalized spacial score (nSPS) is 10.0. The lowest BCUT2D eigenvalue weighted by Crippen LogP contribution is -2.26. The zero-order chi connectivity index (χ0) is 12.8. The first-order chi connectivity index (χ1) is 8.10. The van der Waals surface area contributed by atoms with Crippen LogP contribution in [-0.2, 0) is 0 Å². The molecule has 17 heavy (non-hydrogen) atoms. The molecule has 1 aromatic rings. The minimum atomic E-state index is -0.946. The Hall–Kier alpha value is -1.84. The summed E-state index contributed by atoms with van der Waals surface area (Å²) in [6.07, 6.45) is 4.23. The Morgan fingerprint density at radius 2 is 2.35 bits per heavy atom. The predicted octanol–water partition coefficient (Wildman–Crippen LogP) is 2.49. The van der Waals surface area contributed by atoms with Crippen LogP contribution in [0.2, 0.25) is 0 Å². The van der Waals surface area contributed by atoms with Crippen molar-refractivity contribution >= 4 is 11.8 Å². The number of aromatic nitrogens is 1. The van der Waals surface area contributed by atoms with E-state index >= 15 is 0 Å². The van der Waals surface area contributed by atoms with Crippen molar-refractivity contribution in [2.45, 2.75) is 20.3 Å². The van der Waals surface area contributed by atoms with E-state index in [1.807, 2.05) is 13.0 Å². The second-order valence-corrected chi connectivity index (χ2v) is 3.90. The largest absolute Gasteiger partial charge is 0.478 e. The number of aromatic carboxylic acids is 1. The number of nitrogens with zero attached hydrogens (tertiary/aromatic N) is 2. The van der Waals surface area contributed by atoms with Gasteiger partial charge in [0.1, 0.15) is 5.82 Å². The highest BCUT2D eigenvalue weighted by atomic mass is 16.4. The highest BCUT2D eigenvalue weighted by Crippen LogP contribution is 2.18. The van der Waals surface area contributed by atoms with Crippen LogP contribution in [0.25, 0.3) is 0 Å². The standard InChI is InChI=1S/C13H18N2O2/c1-4-6-15(7-5-2)12-10(3)8-11(9-14-12)13(16)17/h4,8-9H,1,5-7H2,2-3H3,(H,16,17). The van der Waals surface area contributed by atoms with E-state index in [-0.39, 0.29) is 5.56 Å². The molecule has 0 aromatic carbocycles. The molecular formula is C13H18N2O2. The molecule has 0 radical (unpaired) electrons. The average Bonchev–Trinajstić information content (AvgIpc) is 2.28. The van der Waals surface area contributed by atoms with Crippen molar-refractivity contribution in [2.24, 2.45) is 0 Å². The van der Waals surface area contributed by atoms with Crippen LogP contribution in [0.3, 0.4) is 0 Å². The van der Waals surface area contributed by atoms with E-state index in [9.17, 15) is 4.79 Å². The minimum Gasteiger partial charge on any atom is -0.478 e. The number of hydrogen-bond donors (Lipinski definition) is 1. The second-order valence-electron chi connectivity index (χ2n) is 3.90. The van der Waals surface area contributed by atoms with E-state index in [4.69, 9.17) is 5.11 Å². The van der Waals surface area contributed by atoms with Gasteiger partial charge in [-0.1, -0.05) is 13.0 Å². The maximum absolute atomic E-state index is 10.8. The maximum Gasteiger partial charge on any atom is 0.337 e. The fourth-order valence-corrected chi connectivity index (χ4v) is 1.72. The van der Waals surface area contributed by atoms with Crippen molar-refractivity contribution in [1.29, 1.82) is 0 Å². The van der Waals surface area contributed by atoms with Crippen LogP contribution >= 0.6 is 0 Å². The summed E-state index contributed by atoms with van der Waals surface area (Å²) in [7, 11) is 0. The number of carbonyl (C=O) groups is 1. The first kappa shape index (κ1) is 13.2. The van der Waals surface area contributed by atoms with Gasteiger partial charge < -0.3 is 10.0 Å². The van der Waals surface area contributed by atoms with Gasteiger partial charge in [-0.15, -0.1) is 6.58 Å². The van der Waals surface area contributed by atoms with Crippen LogP contribution in [-0.4, -0.2) is 29.1 Å². The van der Waals surface area contributed by atoms with E-state index in [0.29, 0.717) is 6.54 Å². The summed E-state index contributed by atoms with van der Waals surface area (Å²) in [5, 5.41) is 8.88. The van der Waals surface area contributed by atoms with Gasteiger partial charge in [-0.3, -0.25) is 0 Å². The molecular weight excluding hydrogens is 216 g/mol. The number of anilines is 1. The Morgan fingerprint density at radius 1 is 1.65 bits per heavy atom. The molecule has 1 aromatic heterocycles. The van der Waals surface area contributed by atoms with Crippen molar-refractivity contribution in [3.05, 3.63) is 36.0 Å². The predicted molar refractivity (Wildman–Crippen MR) is 68.6 cm³/mol. The van der Waals surface area contributed by atoms with Crippen molar-refractivity contribution in [3.63, 3.8) is 0 Å². The van der Waals surface area contributed by atoms with Crippen molar-refractivity contribution in [3.8, 4) is 0 Å². The highest BCUT2D eigenvalue weighted by Gasteiger charge is 2.11. The zero-order valence-electron chi connectivity index (χ0n) is 10.3. The fraction of sp³-hybridized carbons (Fsp3) is 0.385. The number of rotatable bonds is 6. The van der Waals surface area contributed by atoms with Crippen LogP contribution in [0.1, 0.15) is 29.3 Å². The molecule has 0 aliphatic carbocycles. The molecule has 0 fully saturated rings. The zero-order valence-corrected chi connectivity index (χ0v) is 10.3. The van der Waals surface area contributed by atoms with E-state index in [0.717, 1.165) is 24.3 Å². The summed E-state index contributed by atoms with van der Waals surface area (Å²) in [5.41, 5.74) is 1.10. The molecule has 1 N–H and O–H groups in total. The van der Waals surface area contributed by atoms with E-state index in [1.165, 1.54) is 6.20 Å². The maximum atomic E-state index is 10.8. The first-order valence-corrected chi connectivity index (χ1v) is 5.66. The molecule has 0 unspecified atom stereocenters. The van der Waals surface area contributed by atoms with Gasteiger partial charge in [-0.2, -0.15) is 0 Å². The molecule has 1 rings (SSSR count). The number of aryl methyl sites for hydroxylation is 1. The van der Waals surface area contributed by atoms with Gasteiger partial charge in [0.2, 0.25) is 0 Å². The number of carboxylic acids is 1. The summed E-state index contributed by atoms with van der Waals surface area (Å²) < 4.78 is 0. The quantitative estimate of drug-likeness (QED) is 0.768. The Kier molecular flexibility index (Phi) is 4.69. The summed E-state index contributed by atoms with van der Waals surface area (Å²) in [6.45, 7) is 9.29. The number of hydrogen-bond acceptors (Lipinski definition) is 3. The van der Waals surface area contributed by atoms with E-state index < -0.39 is 5.97 Å². The summed E-state index contributed by atoms with van der Waals surface area (Å²) in [4.78, 5) is 17.1. The van der Waals surface area contributed by atoms with E-state index in [2.05, 4.69) is 23.4 Å². The van der Waals surface area contributed by atoms with Crippen molar-refractivity contribution in [1.82, 2.24) is 4.98 Å². The average molecular weight is 234 g/mol. The molecule has 4 heteroatoms. The molecule has 0 spiro atoms. The second kappa shape index (κ2) is 6.03. The molecule has 92 valence electrons. The lowest BCUT2D eigenvalue weighted by Gasteiger charge is -2.23. The fourth-order valence-electron chi connectivity index (χ4n) is 1.72. The summed E-state index contributed by atoms with van der Waals surface area (Å²) in [6, 6.07) is 1.65. The molecule has 0 bridgehead atoms. The number of pyridine rings is 1. The van der Waals surface area contributed by atoms with Gasteiger partial charge >= 0.3 is 5.97 Å². The first-order valence-electron chi connectivity index (χ1n) is 5.66. The number of carboxylic acid groups (broad SMARTS) is 1. The van der Waals surface area contributed by atoms with Crippen LogP contribution in [0, 0.1) is 6.92 Å². The van der Waals surface area contributed by atoms with Crippen molar-refractivity contribution in [2.75, 3.05) is 18.0 Å². The summed E-state index contributed by atoms with van der Waals surface area (Å²) in [5.74, 6) is -0.116. The Balaban J connectivity index is 3.03. The van der Waals surface area contributed by atoms with E-state index in [1.54, 1.807) is 6.07 Å². The summed E-state index contributed by atoms with van der Waals surface area (Å²) >= 11 is 0. The topological polar surface area (TPSA) is 53.4 Å². The molecule has 0 amide bonds. The molecule has 4 nitrogen and oxygen atoms in total. The lowest BCUT2D eigenvalue weighted by atomic mass is 10.2. The van der Waals surface area contributed by atoms with Crippen LogP contribution < -0.4 is 4.90 Å². The van der Waals surface area contributed by atoms with Gasteiger partial charge in [0.25, 0.3) is 0 Å². The van der Waals surface area contributed by atoms with Gasteiger partial charge in [0.05, 0.1) is 5.56 Å². The molecule has 0 aliphatic rings. The molecule has 0 saturated heterocycles. The van der Waals surface area contributed by atoms with Crippen molar-refractivity contribution < 1.29 is 9.90 Å². The molecule has 0 atom stereocenters. The monoisotopic (exact) mass is 234 g/mol. The molecule has 0 aliphatic heterocycles. The smallest absolute Gasteiger partial charge is 0.337 e. The van der Waals surface area contributed by atoms with Crippen LogP contribution in [0.5, 0.6) is 0 Å². The van der Waals surface area contributed by atoms with Crippen LogP contribution in [0.15, 0.2) is 24.9 Å². The third kappa shape index (κ3) is 3.31. The van der Waals surface area contributed by atoms with Gasteiger partial charge in [0.15, 0.2) is 0 Å². The molecule has 0 saturated carbocycles. The highest BCUT2D eigenvalue weighted by molar-refractivity contribution is 5.87. The van der Waals surface area contributed by atoms with Gasteiger partial charge in [-0.05, 0) is 25.0 Å². The Labute approximate surface area is 102 Å². The molecule has 1 heterocycles. The van der Waals surface area contributed by atoms with Crippen LogP contribution in [0.4, 0.5) is 5.82 Å². The SMILES string of the molecule is C=CCN(CCC)c1ncc(C(=O)O)cc1C. The Bertz CT molecular complexity index is 416. The van der Waals surface area contributed by atoms with Gasteiger partial charge in [0, 0.05) is 19.3 Å². The third-order valence-corrected chi connectivity index (χ3v) is 2.44. The lowest BCUT2D eigenvalue weighted by molar-refractivity contribution is 0.0696.